The van der Waals surface area contributed by atoms with Crippen LogP contribution in [0.5, 0.6) is 0 Å². The number of halogens is 4. The Kier molecular flexibility index (Phi) is 9.20. The van der Waals surface area contributed by atoms with Crippen molar-refractivity contribution in [1.82, 2.24) is 0 Å². The summed E-state index contributed by atoms with van der Waals surface area (Å²) in [6.07, 6.45) is 16.4. The molecule has 3 aliphatic carbocycles. The maximum absolute atomic E-state index is 13.8. The first-order valence-electron chi connectivity index (χ1n) is 14.0. The van der Waals surface area contributed by atoms with Crippen molar-refractivity contribution < 1.29 is 22.3 Å². The van der Waals surface area contributed by atoms with Gasteiger partial charge in [-0.1, -0.05) is 19.1 Å². The van der Waals surface area contributed by atoms with E-state index in [0.717, 1.165) is 43.1 Å². The molecule has 1 saturated heterocycles. The number of allylic oxidation sites excluding steroid dienone is 4. The van der Waals surface area contributed by atoms with Crippen molar-refractivity contribution in [3.63, 3.8) is 0 Å². The average molecular weight is 485 g/mol. The van der Waals surface area contributed by atoms with Crippen LogP contribution in [-0.4, -0.2) is 18.9 Å². The Labute approximate surface area is 203 Å². The number of ether oxygens (including phenoxy) is 1. The lowest BCUT2D eigenvalue weighted by Gasteiger charge is -2.40. The third-order valence-electron chi connectivity index (χ3n) is 9.48. The molecule has 0 aromatic rings. The molecule has 0 amide bonds. The summed E-state index contributed by atoms with van der Waals surface area (Å²) in [4.78, 5) is 0. The van der Waals surface area contributed by atoms with Crippen molar-refractivity contribution in [2.24, 2.45) is 41.4 Å². The lowest BCUT2D eigenvalue weighted by Crippen LogP contribution is -2.35. The second-order valence-electron chi connectivity index (χ2n) is 12.0. The summed E-state index contributed by atoms with van der Waals surface area (Å²) >= 11 is 0. The lowest BCUT2D eigenvalue weighted by molar-refractivity contribution is -0.0821. The molecule has 0 bridgehead atoms. The summed E-state index contributed by atoms with van der Waals surface area (Å²) in [5.74, 6) is 2.81. The fraction of sp³-hybridized carbons (Fsp3) is 0.862. The van der Waals surface area contributed by atoms with Crippen molar-refractivity contribution in [1.29, 1.82) is 0 Å². The maximum Gasteiger partial charge on any atom is 0.412 e. The number of hydrogen-bond acceptors (Lipinski definition) is 1. The van der Waals surface area contributed by atoms with Crippen LogP contribution in [0.1, 0.15) is 96.8 Å². The van der Waals surface area contributed by atoms with E-state index in [1.165, 1.54) is 64.2 Å². The molecule has 2 unspecified atom stereocenters. The van der Waals surface area contributed by atoms with E-state index in [4.69, 9.17) is 4.74 Å². The summed E-state index contributed by atoms with van der Waals surface area (Å²) in [6.45, 7) is 3.25. The Hall–Kier alpha value is -0.840. The molecule has 0 aromatic heterocycles. The van der Waals surface area contributed by atoms with E-state index in [2.05, 4.69) is 19.1 Å². The summed E-state index contributed by atoms with van der Waals surface area (Å²) in [6, 6.07) is 0. The van der Waals surface area contributed by atoms with Gasteiger partial charge in [-0.2, -0.15) is 13.2 Å². The predicted octanol–water partition coefficient (Wildman–Crippen LogP) is 9.19. The molecule has 0 N–H and O–H groups in total. The van der Waals surface area contributed by atoms with E-state index in [1.54, 1.807) is 0 Å². The molecule has 4 rings (SSSR count). The molecule has 4 fully saturated rings. The molecular formula is C29H44F4O. The van der Waals surface area contributed by atoms with Crippen molar-refractivity contribution in [3.8, 4) is 0 Å². The first kappa shape index (κ1) is 26.2. The Bertz CT molecular complexity index is 667. The molecule has 1 nitrogen and oxygen atoms in total. The van der Waals surface area contributed by atoms with E-state index in [-0.39, 0.29) is 6.08 Å². The Morgan fingerprint density at radius 2 is 1.18 bits per heavy atom. The normalized spacial score (nSPS) is 41.0. The van der Waals surface area contributed by atoms with Gasteiger partial charge in [-0.05, 0) is 125 Å². The monoisotopic (exact) mass is 484 g/mol. The van der Waals surface area contributed by atoms with E-state index in [0.29, 0.717) is 30.8 Å². The largest absolute Gasteiger partial charge is 0.412 e. The molecular weight excluding hydrogens is 440 g/mol. The van der Waals surface area contributed by atoms with E-state index < -0.39 is 17.9 Å². The molecule has 5 heteroatoms. The van der Waals surface area contributed by atoms with Crippen LogP contribution in [0.25, 0.3) is 0 Å². The van der Waals surface area contributed by atoms with Gasteiger partial charge in [-0.25, -0.2) is 4.39 Å². The standard InChI is InChI=1S/C29H44F4O/c1-20-2-17-28(34-19-20)26-15-13-24(14-16-26)23-9-5-21(6-10-23)3-4-22-7-11-25(12-8-22)27(30)18-29(31,32)33/h3-4,18,20-26,28H,2,5-17,19H2,1H3/b4-3+,27-18-. The highest BCUT2D eigenvalue weighted by Gasteiger charge is 2.35. The van der Waals surface area contributed by atoms with Gasteiger partial charge in [0.15, 0.2) is 0 Å². The number of alkyl halides is 3. The fourth-order valence-electron chi connectivity index (χ4n) is 7.25. The second-order valence-corrected chi connectivity index (χ2v) is 12.0. The lowest BCUT2D eigenvalue weighted by atomic mass is 9.68. The molecule has 1 heterocycles. The minimum atomic E-state index is -4.55. The van der Waals surface area contributed by atoms with Gasteiger partial charge in [0.25, 0.3) is 0 Å². The molecule has 0 radical (unpaired) electrons. The van der Waals surface area contributed by atoms with Gasteiger partial charge in [-0.3, -0.25) is 0 Å². The number of rotatable bonds is 5. The van der Waals surface area contributed by atoms with Gasteiger partial charge >= 0.3 is 6.18 Å². The van der Waals surface area contributed by atoms with Crippen molar-refractivity contribution in [2.75, 3.05) is 6.61 Å². The van der Waals surface area contributed by atoms with E-state index in [1.807, 2.05) is 0 Å². The first-order chi connectivity index (χ1) is 16.3. The van der Waals surface area contributed by atoms with E-state index >= 15 is 0 Å². The zero-order valence-corrected chi connectivity index (χ0v) is 20.9. The molecule has 3 saturated carbocycles. The zero-order valence-electron chi connectivity index (χ0n) is 20.9. The predicted molar refractivity (Wildman–Crippen MR) is 129 cm³/mol. The van der Waals surface area contributed by atoms with E-state index in [9.17, 15) is 17.6 Å². The van der Waals surface area contributed by atoms with Gasteiger partial charge in [-0.15, -0.1) is 0 Å². The minimum absolute atomic E-state index is 0.150. The summed E-state index contributed by atoms with van der Waals surface area (Å²) < 4.78 is 57.1. The molecule has 1 aliphatic heterocycles. The molecule has 2 atom stereocenters. The Morgan fingerprint density at radius 3 is 1.68 bits per heavy atom. The number of hydrogen-bond donors (Lipinski definition) is 0. The van der Waals surface area contributed by atoms with Crippen LogP contribution >= 0.6 is 0 Å². The second kappa shape index (κ2) is 11.9. The first-order valence-corrected chi connectivity index (χ1v) is 14.0. The van der Waals surface area contributed by atoms with Crippen LogP contribution in [-0.2, 0) is 4.74 Å². The molecule has 194 valence electrons. The van der Waals surface area contributed by atoms with Crippen molar-refractivity contribution >= 4 is 0 Å². The molecule has 34 heavy (non-hydrogen) atoms. The van der Waals surface area contributed by atoms with Crippen LogP contribution < -0.4 is 0 Å². The smallest absolute Gasteiger partial charge is 0.378 e. The van der Waals surface area contributed by atoms with Gasteiger partial charge in [0, 0.05) is 12.5 Å². The summed E-state index contributed by atoms with van der Waals surface area (Å²) in [7, 11) is 0. The molecule has 0 spiro atoms. The van der Waals surface area contributed by atoms with Gasteiger partial charge in [0.1, 0.15) is 5.83 Å². The van der Waals surface area contributed by atoms with Crippen LogP contribution in [0.2, 0.25) is 0 Å². The average Bonchev–Trinajstić information content (AvgIpc) is 2.83. The Morgan fingerprint density at radius 1 is 0.676 bits per heavy atom. The fourth-order valence-corrected chi connectivity index (χ4v) is 7.25. The highest BCUT2D eigenvalue weighted by atomic mass is 19.4. The Balaban J connectivity index is 1.13. The SMILES string of the molecule is CC1CCC(C2CCC(C3CCC(/C=C/C4CCC(/C(F)=C/C(F)(F)F)CC4)CC3)CC2)OC1. The van der Waals surface area contributed by atoms with Crippen molar-refractivity contribution in [2.45, 2.75) is 109 Å². The van der Waals surface area contributed by atoms with Gasteiger partial charge in [0.05, 0.1) is 12.2 Å². The minimum Gasteiger partial charge on any atom is -0.378 e. The van der Waals surface area contributed by atoms with Gasteiger partial charge < -0.3 is 4.74 Å². The topological polar surface area (TPSA) is 9.23 Å². The highest BCUT2D eigenvalue weighted by molar-refractivity contribution is 5.05. The maximum atomic E-state index is 13.8. The van der Waals surface area contributed by atoms with Crippen molar-refractivity contribution in [3.05, 3.63) is 24.1 Å². The van der Waals surface area contributed by atoms with Crippen LogP contribution in [0, 0.1) is 41.4 Å². The highest BCUT2D eigenvalue weighted by Crippen LogP contribution is 2.44. The van der Waals surface area contributed by atoms with Gasteiger partial charge in [0.2, 0.25) is 0 Å². The third kappa shape index (κ3) is 7.58. The van der Waals surface area contributed by atoms with Crippen LogP contribution in [0.4, 0.5) is 17.6 Å². The zero-order chi connectivity index (χ0) is 24.1. The summed E-state index contributed by atoms with van der Waals surface area (Å²) in [5.41, 5.74) is 0. The summed E-state index contributed by atoms with van der Waals surface area (Å²) in [5, 5.41) is 0. The van der Waals surface area contributed by atoms with Crippen LogP contribution in [0.3, 0.4) is 0 Å². The van der Waals surface area contributed by atoms with Crippen LogP contribution in [0.15, 0.2) is 24.1 Å². The third-order valence-corrected chi connectivity index (χ3v) is 9.48. The molecule has 4 aliphatic rings. The quantitative estimate of drug-likeness (QED) is 0.279. The molecule has 0 aromatic carbocycles.